The summed E-state index contributed by atoms with van der Waals surface area (Å²) in [4.78, 5) is 6.59. The highest BCUT2D eigenvalue weighted by Crippen LogP contribution is 2.12. The number of likely N-dealkylation sites (N-methyl/N-ethyl adjacent to an activating group) is 1. The Labute approximate surface area is 107 Å². The Bertz CT molecular complexity index is 284. The van der Waals surface area contributed by atoms with Gasteiger partial charge in [0.2, 0.25) is 0 Å². The molecule has 0 aromatic carbocycles. The van der Waals surface area contributed by atoms with Crippen LogP contribution >= 0.6 is 11.8 Å². The Morgan fingerprint density at radius 3 is 3.12 bits per heavy atom. The highest BCUT2D eigenvalue weighted by Gasteiger charge is 2.16. The van der Waals surface area contributed by atoms with Crippen LogP contribution in [0.15, 0.2) is 4.99 Å². The molecule has 0 aromatic heterocycles. The minimum atomic E-state index is 0.668. The Balaban J connectivity index is 2.18. The summed E-state index contributed by atoms with van der Waals surface area (Å²) in [6.07, 6.45) is 4.96. The summed E-state index contributed by atoms with van der Waals surface area (Å²) >= 11 is 1.46. The molecule has 1 N–H and O–H groups in total. The molecular formula is C11H20N4OS. The fourth-order valence-electron chi connectivity index (χ4n) is 1.78. The Morgan fingerprint density at radius 2 is 2.53 bits per heavy atom. The van der Waals surface area contributed by atoms with Crippen LogP contribution < -0.4 is 5.32 Å². The van der Waals surface area contributed by atoms with E-state index in [4.69, 9.17) is 10.00 Å². The summed E-state index contributed by atoms with van der Waals surface area (Å²) in [5.41, 5.74) is 0. The van der Waals surface area contributed by atoms with E-state index >= 15 is 0 Å². The predicted octanol–water partition coefficient (Wildman–Crippen LogP) is 0.744. The van der Waals surface area contributed by atoms with Crippen molar-refractivity contribution in [3.05, 3.63) is 0 Å². The molecule has 0 amide bonds. The van der Waals surface area contributed by atoms with Gasteiger partial charge in [-0.3, -0.25) is 10.3 Å². The van der Waals surface area contributed by atoms with Gasteiger partial charge in [0.25, 0.3) is 0 Å². The minimum absolute atomic E-state index is 0.668. The van der Waals surface area contributed by atoms with E-state index in [0.717, 1.165) is 32.8 Å². The second-order valence-corrected chi connectivity index (χ2v) is 4.91. The van der Waals surface area contributed by atoms with E-state index in [9.17, 15) is 0 Å². The quantitative estimate of drug-likeness (QED) is 0.340. The van der Waals surface area contributed by atoms with Crippen molar-refractivity contribution in [2.24, 2.45) is 10.9 Å². The highest BCUT2D eigenvalue weighted by molar-refractivity contribution is 8.13. The molecule has 0 radical (unpaired) electrons. The number of ether oxygens (including phenoxy) is 1. The van der Waals surface area contributed by atoms with Gasteiger partial charge in [0, 0.05) is 19.7 Å². The Morgan fingerprint density at radius 1 is 1.71 bits per heavy atom. The molecule has 0 saturated carbocycles. The highest BCUT2D eigenvalue weighted by atomic mass is 32.2. The molecule has 0 bridgehead atoms. The van der Waals surface area contributed by atoms with Gasteiger partial charge in [0.1, 0.15) is 0 Å². The summed E-state index contributed by atoms with van der Waals surface area (Å²) in [7, 11) is 2.10. The third-order valence-electron chi connectivity index (χ3n) is 2.69. The third-order valence-corrected chi connectivity index (χ3v) is 3.31. The molecule has 1 atom stereocenters. The number of nitrogens with one attached hydrogen (secondary N) is 1. The minimum Gasteiger partial charge on any atom is -0.381 e. The molecule has 0 spiro atoms. The number of rotatable bonds is 5. The number of aliphatic imine (C=N–C) groups is 1. The average Bonchev–Trinajstić information content (AvgIpc) is 2.80. The maximum absolute atomic E-state index is 8.49. The lowest BCUT2D eigenvalue weighted by molar-refractivity contribution is 0.174. The first kappa shape index (κ1) is 14.3. The van der Waals surface area contributed by atoms with Crippen molar-refractivity contribution in [1.82, 2.24) is 10.2 Å². The second kappa shape index (κ2) is 8.34. The van der Waals surface area contributed by atoms with Gasteiger partial charge < -0.3 is 9.64 Å². The molecule has 1 saturated heterocycles. The summed E-state index contributed by atoms with van der Waals surface area (Å²) in [5.74, 6) is 0.668. The number of hydrogen-bond donors (Lipinski definition) is 1. The van der Waals surface area contributed by atoms with Gasteiger partial charge in [-0.05, 0) is 25.6 Å². The van der Waals surface area contributed by atoms with E-state index in [2.05, 4.69) is 22.3 Å². The molecule has 96 valence electrons. The summed E-state index contributed by atoms with van der Waals surface area (Å²) in [5, 5.41) is 11.7. The van der Waals surface area contributed by atoms with Gasteiger partial charge in [-0.2, -0.15) is 5.26 Å². The molecule has 0 aliphatic carbocycles. The number of nitriles is 1. The van der Waals surface area contributed by atoms with E-state index in [0.29, 0.717) is 11.1 Å². The first-order valence-electron chi connectivity index (χ1n) is 5.76. The molecular weight excluding hydrogens is 236 g/mol. The van der Waals surface area contributed by atoms with Gasteiger partial charge >= 0.3 is 0 Å². The number of thioether (sulfide) groups is 1. The zero-order valence-electron chi connectivity index (χ0n) is 10.5. The lowest BCUT2D eigenvalue weighted by Crippen LogP contribution is -2.28. The summed E-state index contributed by atoms with van der Waals surface area (Å²) < 4.78 is 5.35. The SMILES string of the molecule is CSC(=NCCN(C)CC1CCOC1)NC#N. The van der Waals surface area contributed by atoms with Gasteiger partial charge in [-0.1, -0.05) is 11.8 Å². The van der Waals surface area contributed by atoms with E-state index in [1.165, 1.54) is 18.2 Å². The third kappa shape index (κ3) is 5.91. The van der Waals surface area contributed by atoms with E-state index < -0.39 is 0 Å². The smallest absolute Gasteiger partial charge is 0.183 e. The zero-order valence-corrected chi connectivity index (χ0v) is 11.3. The van der Waals surface area contributed by atoms with Crippen molar-refractivity contribution in [3.8, 4) is 6.19 Å². The summed E-state index contributed by atoms with van der Waals surface area (Å²) in [6, 6.07) is 0. The first-order valence-corrected chi connectivity index (χ1v) is 6.98. The van der Waals surface area contributed by atoms with Gasteiger partial charge in [-0.25, -0.2) is 0 Å². The van der Waals surface area contributed by atoms with E-state index in [1.54, 1.807) is 0 Å². The molecule has 1 heterocycles. The molecule has 1 unspecified atom stereocenters. The van der Waals surface area contributed by atoms with Crippen LogP contribution in [0, 0.1) is 17.4 Å². The molecule has 0 aromatic rings. The number of hydrogen-bond acceptors (Lipinski definition) is 5. The lowest BCUT2D eigenvalue weighted by Gasteiger charge is -2.18. The maximum atomic E-state index is 8.49. The van der Waals surface area contributed by atoms with E-state index in [1.807, 2.05) is 12.4 Å². The van der Waals surface area contributed by atoms with E-state index in [-0.39, 0.29) is 0 Å². The molecule has 1 rings (SSSR count). The maximum Gasteiger partial charge on any atom is 0.183 e. The Hall–Kier alpha value is -0.770. The van der Waals surface area contributed by atoms with Gasteiger partial charge in [0.15, 0.2) is 11.4 Å². The first-order chi connectivity index (χ1) is 8.26. The predicted molar refractivity (Wildman–Crippen MR) is 71.0 cm³/mol. The Kier molecular flexibility index (Phi) is 7.01. The largest absolute Gasteiger partial charge is 0.381 e. The molecule has 17 heavy (non-hydrogen) atoms. The topological polar surface area (TPSA) is 60.6 Å². The van der Waals surface area contributed by atoms with Crippen LogP contribution in [-0.4, -0.2) is 56.2 Å². The molecule has 1 fully saturated rings. The average molecular weight is 256 g/mol. The van der Waals surface area contributed by atoms with Crippen LogP contribution in [0.3, 0.4) is 0 Å². The van der Waals surface area contributed by atoms with Crippen molar-refractivity contribution in [2.75, 3.05) is 46.2 Å². The number of nitrogens with zero attached hydrogens (tertiary/aromatic N) is 3. The molecule has 1 aliphatic rings. The van der Waals surface area contributed by atoms with Crippen molar-refractivity contribution in [3.63, 3.8) is 0 Å². The summed E-state index contributed by atoms with van der Waals surface area (Å²) in [6.45, 7) is 4.48. The fraction of sp³-hybridized carbons (Fsp3) is 0.818. The van der Waals surface area contributed by atoms with Crippen molar-refractivity contribution < 1.29 is 4.74 Å². The number of amidine groups is 1. The fourth-order valence-corrected chi connectivity index (χ4v) is 2.15. The van der Waals surface area contributed by atoms with Crippen LogP contribution in [0.1, 0.15) is 6.42 Å². The van der Waals surface area contributed by atoms with Crippen molar-refractivity contribution in [1.29, 1.82) is 5.26 Å². The van der Waals surface area contributed by atoms with Crippen LogP contribution in [0.4, 0.5) is 0 Å². The van der Waals surface area contributed by atoms with Gasteiger partial charge in [-0.15, -0.1) is 0 Å². The van der Waals surface area contributed by atoms with Crippen molar-refractivity contribution in [2.45, 2.75) is 6.42 Å². The monoisotopic (exact) mass is 256 g/mol. The zero-order chi connectivity index (χ0) is 12.5. The van der Waals surface area contributed by atoms with Crippen LogP contribution in [0.5, 0.6) is 0 Å². The molecule has 5 nitrogen and oxygen atoms in total. The second-order valence-electron chi connectivity index (χ2n) is 4.12. The van der Waals surface area contributed by atoms with Crippen molar-refractivity contribution >= 4 is 16.9 Å². The molecule has 1 aliphatic heterocycles. The lowest BCUT2D eigenvalue weighted by atomic mass is 10.1. The standard InChI is InChI=1S/C11H20N4OS/c1-15(7-10-3-6-16-8-10)5-4-13-11(17-2)14-9-12/h10H,3-8H2,1-2H3,(H,13,14). The molecule has 6 heteroatoms. The van der Waals surface area contributed by atoms with Gasteiger partial charge in [0.05, 0.1) is 13.2 Å². The van der Waals surface area contributed by atoms with Crippen LogP contribution in [0.2, 0.25) is 0 Å². The van der Waals surface area contributed by atoms with Crippen LogP contribution in [-0.2, 0) is 4.74 Å². The van der Waals surface area contributed by atoms with Crippen LogP contribution in [0.25, 0.3) is 0 Å². The normalized spacial score (nSPS) is 20.6.